The first-order valence-corrected chi connectivity index (χ1v) is 12.1. The van der Waals surface area contributed by atoms with Crippen LogP contribution in [0.2, 0.25) is 0 Å². The molecule has 0 saturated carbocycles. The van der Waals surface area contributed by atoms with E-state index in [4.69, 9.17) is 9.47 Å². The van der Waals surface area contributed by atoms with Crippen LogP contribution in [0.5, 0.6) is 11.5 Å². The van der Waals surface area contributed by atoms with Gasteiger partial charge in [-0.05, 0) is 49.9 Å². The molecule has 1 amide bonds. The number of carbonyl (C=O) groups excluding carboxylic acids is 1. The molecule has 1 saturated heterocycles. The minimum absolute atomic E-state index is 0.0212. The Balaban J connectivity index is 1.38. The molecule has 2 aromatic rings. The summed E-state index contributed by atoms with van der Waals surface area (Å²) in [6.45, 7) is 5.48. The fraction of sp³-hybridized carbons (Fsp3) is 0.435. The molecule has 4 rings (SSSR count). The van der Waals surface area contributed by atoms with Gasteiger partial charge in [-0.1, -0.05) is 24.3 Å². The van der Waals surface area contributed by atoms with Gasteiger partial charge >= 0.3 is 0 Å². The van der Waals surface area contributed by atoms with Gasteiger partial charge in [0.15, 0.2) is 11.5 Å². The third-order valence-electron chi connectivity index (χ3n) is 5.99. The van der Waals surface area contributed by atoms with Crippen LogP contribution in [0.15, 0.2) is 47.4 Å². The van der Waals surface area contributed by atoms with Gasteiger partial charge in [-0.15, -0.1) is 0 Å². The Labute approximate surface area is 183 Å². The molecule has 0 aromatic heterocycles. The van der Waals surface area contributed by atoms with E-state index in [1.165, 1.54) is 10.4 Å². The first-order valence-electron chi connectivity index (χ1n) is 10.6. The van der Waals surface area contributed by atoms with Crippen molar-refractivity contribution in [2.45, 2.75) is 37.6 Å². The van der Waals surface area contributed by atoms with E-state index in [2.05, 4.69) is 5.32 Å². The Morgan fingerprint density at radius 2 is 1.74 bits per heavy atom. The molecule has 1 N–H and O–H groups in total. The Morgan fingerprint density at radius 1 is 1.06 bits per heavy atom. The SMILES string of the molecule is Cc1ccccc1[C@H](C)NC(=O)C1CCN(S(=O)(=O)c2ccc3c(c2)OCCO3)CC1. The van der Waals surface area contributed by atoms with Crippen LogP contribution >= 0.6 is 0 Å². The fourth-order valence-corrected chi connectivity index (χ4v) is 5.66. The number of aryl methyl sites for hydroxylation is 1. The number of nitrogens with zero attached hydrogens (tertiary/aromatic N) is 1. The first-order chi connectivity index (χ1) is 14.9. The van der Waals surface area contributed by atoms with Crippen molar-refractivity contribution in [1.29, 1.82) is 0 Å². The van der Waals surface area contributed by atoms with Gasteiger partial charge in [0.05, 0.1) is 10.9 Å². The zero-order chi connectivity index (χ0) is 22.0. The lowest BCUT2D eigenvalue weighted by Gasteiger charge is -2.31. The number of fused-ring (bicyclic) bond motifs is 1. The Bertz CT molecular complexity index is 1060. The van der Waals surface area contributed by atoms with Gasteiger partial charge in [-0.2, -0.15) is 4.31 Å². The van der Waals surface area contributed by atoms with Crippen molar-refractivity contribution in [3.05, 3.63) is 53.6 Å². The highest BCUT2D eigenvalue weighted by molar-refractivity contribution is 7.89. The third kappa shape index (κ3) is 4.55. The molecular formula is C23H28N2O5S. The second-order valence-corrected chi connectivity index (χ2v) is 10.0. The molecule has 0 radical (unpaired) electrons. The van der Waals surface area contributed by atoms with Gasteiger partial charge in [-0.3, -0.25) is 4.79 Å². The lowest BCUT2D eigenvalue weighted by atomic mass is 9.96. The lowest BCUT2D eigenvalue weighted by Crippen LogP contribution is -2.43. The van der Waals surface area contributed by atoms with Crippen molar-refractivity contribution >= 4 is 15.9 Å². The first kappa shape index (κ1) is 21.6. The summed E-state index contributed by atoms with van der Waals surface area (Å²) in [4.78, 5) is 13.0. The van der Waals surface area contributed by atoms with E-state index >= 15 is 0 Å². The van der Waals surface area contributed by atoms with Crippen molar-refractivity contribution in [1.82, 2.24) is 9.62 Å². The van der Waals surface area contributed by atoms with Crippen molar-refractivity contribution < 1.29 is 22.7 Å². The van der Waals surface area contributed by atoms with E-state index in [-0.39, 0.29) is 22.8 Å². The van der Waals surface area contributed by atoms with E-state index in [1.54, 1.807) is 12.1 Å². The highest BCUT2D eigenvalue weighted by Crippen LogP contribution is 2.34. The number of piperidine rings is 1. The number of benzene rings is 2. The zero-order valence-electron chi connectivity index (χ0n) is 17.8. The van der Waals surface area contributed by atoms with Crippen LogP contribution in [0, 0.1) is 12.8 Å². The molecule has 2 aromatic carbocycles. The monoisotopic (exact) mass is 444 g/mol. The molecule has 2 aliphatic heterocycles. The molecule has 31 heavy (non-hydrogen) atoms. The largest absolute Gasteiger partial charge is 0.486 e. The molecule has 7 nitrogen and oxygen atoms in total. The van der Waals surface area contributed by atoms with Crippen molar-refractivity contribution in [2.24, 2.45) is 5.92 Å². The summed E-state index contributed by atoms with van der Waals surface area (Å²) in [5.41, 5.74) is 2.23. The van der Waals surface area contributed by atoms with Crippen LogP contribution in [0.25, 0.3) is 0 Å². The normalized spacial score (nSPS) is 18.4. The molecule has 2 aliphatic rings. The summed E-state index contributed by atoms with van der Waals surface area (Å²) >= 11 is 0. The fourth-order valence-electron chi connectivity index (χ4n) is 4.17. The summed E-state index contributed by atoms with van der Waals surface area (Å²) in [6, 6.07) is 12.6. The highest BCUT2D eigenvalue weighted by Gasteiger charge is 2.33. The van der Waals surface area contributed by atoms with Gasteiger partial charge in [0, 0.05) is 25.1 Å². The quantitative estimate of drug-likeness (QED) is 0.766. The topological polar surface area (TPSA) is 84.9 Å². The Morgan fingerprint density at radius 3 is 2.45 bits per heavy atom. The summed E-state index contributed by atoms with van der Waals surface area (Å²) in [5.74, 6) is 0.792. The molecule has 166 valence electrons. The molecule has 0 unspecified atom stereocenters. The van der Waals surface area contributed by atoms with Crippen LogP contribution in [-0.2, 0) is 14.8 Å². The number of hydrogen-bond donors (Lipinski definition) is 1. The predicted molar refractivity (Wildman–Crippen MR) is 117 cm³/mol. The maximum absolute atomic E-state index is 13.1. The van der Waals surface area contributed by atoms with Crippen LogP contribution in [0.4, 0.5) is 0 Å². The number of sulfonamides is 1. The Hall–Kier alpha value is -2.58. The number of ether oxygens (including phenoxy) is 2. The van der Waals surface area contributed by atoms with E-state index < -0.39 is 10.0 Å². The number of nitrogens with one attached hydrogen (secondary N) is 1. The summed E-state index contributed by atoms with van der Waals surface area (Å²) in [5, 5.41) is 3.09. The molecule has 1 atom stereocenters. The minimum atomic E-state index is -3.65. The second kappa shape index (κ2) is 8.88. The predicted octanol–water partition coefficient (Wildman–Crippen LogP) is 3.04. The van der Waals surface area contributed by atoms with E-state index in [0.717, 1.165) is 11.1 Å². The van der Waals surface area contributed by atoms with Gasteiger partial charge in [0.2, 0.25) is 15.9 Å². The summed E-state index contributed by atoms with van der Waals surface area (Å²) in [6.07, 6.45) is 0.992. The molecule has 1 fully saturated rings. The van der Waals surface area contributed by atoms with Crippen LogP contribution in [0.1, 0.15) is 36.9 Å². The maximum atomic E-state index is 13.1. The number of hydrogen-bond acceptors (Lipinski definition) is 5. The Kier molecular flexibility index (Phi) is 6.20. The third-order valence-corrected chi connectivity index (χ3v) is 7.88. The van der Waals surface area contributed by atoms with Crippen molar-refractivity contribution in [2.75, 3.05) is 26.3 Å². The summed E-state index contributed by atoms with van der Waals surface area (Å²) in [7, 11) is -3.65. The van der Waals surface area contributed by atoms with Gasteiger partial charge in [0.25, 0.3) is 0 Å². The maximum Gasteiger partial charge on any atom is 0.243 e. The summed E-state index contributed by atoms with van der Waals surface area (Å²) < 4.78 is 38.6. The molecule has 0 spiro atoms. The average Bonchev–Trinajstić information content (AvgIpc) is 2.79. The molecule has 8 heteroatoms. The number of rotatable bonds is 5. The standard InChI is InChI=1S/C23H28N2O5S/c1-16-5-3-4-6-20(16)17(2)24-23(26)18-9-11-25(12-10-18)31(27,28)19-7-8-21-22(15-19)30-14-13-29-21/h3-8,15,17-18H,9-14H2,1-2H3,(H,24,26)/t17-/m0/s1. The molecule has 0 bridgehead atoms. The van der Waals surface area contributed by atoms with Gasteiger partial charge < -0.3 is 14.8 Å². The molecular weight excluding hydrogens is 416 g/mol. The average molecular weight is 445 g/mol. The van der Waals surface area contributed by atoms with Crippen LogP contribution in [-0.4, -0.2) is 44.9 Å². The van der Waals surface area contributed by atoms with E-state index in [9.17, 15) is 13.2 Å². The van der Waals surface area contributed by atoms with Gasteiger partial charge in [0.1, 0.15) is 13.2 Å². The van der Waals surface area contributed by atoms with Crippen molar-refractivity contribution in [3.8, 4) is 11.5 Å². The van der Waals surface area contributed by atoms with Crippen LogP contribution < -0.4 is 14.8 Å². The lowest BCUT2D eigenvalue weighted by molar-refractivity contribution is -0.126. The highest BCUT2D eigenvalue weighted by atomic mass is 32.2. The van der Waals surface area contributed by atoms with Crippen LogP contribution in [0.3, 0.4) is 0 Å². The molecule has 0 aliphatic carbocycles. The number of amides is 1. The van der Waals surface area contributed by atoms with E-state index in [1.807, 2.05) is 38.1 Å². The smallest absolute Gasteiger partial charge is 0.243 e. The second-order valence-electron chi connectivity index (χ2n) is 8.07. The van der Waals surface area contributed by atoms with Crippen molar-refractivity contribution in [3.63, 3.8) is 0 Å². The minimum Gasteiger partial charge on any atom is -0.486 e. The number of carbonyl (C=O) groups is 1. The van der Waals surface area contributed by atoms with Gasteiger partial charge in [-0.25, -0.2) is 8.42 Å². The zero-order valence-corrected chi connectivity index (χ0v) is 18.7. The molecule has 2 heterocycles. The van der Waals surface area contributed by atoms with E-state index in [0.29, 0.717) is 50.6 Å².